The molecule has 1 unspecified atom stereocenters. The summed E-state index contributed by atoms with van der Waals surface area (Å²) in [4.78, 5) is 1.44. The van der Waals surface area contributed by atoms with E-state index in [1.54, 1.807) is 25.1 Å². The molecular weight excluding hydrogens is 454 g/mol. The van der Waals surface area contributed by atoms with Crippen molar-refractivity contribution >= 4 is 38.9 Å². The van der Waals surface area contributed by atoms with Gasteiger partial charge in [-0.3, -0.25) is 0 Å². The van der Waals surface area contributed by atoms with Crippen molar-refractivity contribution in [3.05, 3.63) is 52.0 Å². The molecule has 0 fully saturated rings. The van der Waals surface area contributed by atoms with Gasteiger partial charge in [-0.1, -0.05) is 29.3 Å². The van der Waals surface area contributed by atoms with Crippen LogP contribution in [0.5, 0.6) is 5.75 Å². The van der Waals surface area contributed by atoms with Gasteiger partial charge in [-0.2, -0.15) is 0 Å². The van der Waals surface area contributed by atoms with Crippen LogP contribution in [0.4, 0.5) is 18.9 Å². The molecule has 0 radical (unpaired) electrons. The number of nitrogens with zero attached hydrogens (tertiary/aromatic N) is 1. The summed E-state index contributed by atoms with van der Waals surface area (Å²) in [6, 6.07) is 6.70. The van der Waals surface area contributed by atoms with E-state index in [1.165, 1.54) is 12.1 Å². The standard InChI is InChI=1S/C17H18Cl2F3N3O3S/c1-25(2)9-15(10-3-5-12(18)13(19)7-10)24-29(26,27)11-4-6-16(14(23)8-11)28-17(20,21)22/h3-8,15,24H,9,23H2,1-2H3. The van der Waals surface area contributed by atoms with Gasteiger partial charge in [0.1, 0.15) is 0 Å². The van der Waals surface area contributed by atoms with Crippen molar-refractivity contribution < 1.29 is 26.3 Å². The number of ether oxygens (including phenoxy) is 1. The van der Waals surface area contributed by atoms with E-state index in [0.29, 0.717) is 10.6 Å². The van der Waals surface area contributed by atoms with Crippen LogP contribution in [-0.4, -0.2) is 40.3 Å². The summed E-state index contributed by atoms with van der Waals surface area (Å²) in [6.07, 6.45) is -4.95. The molecule has 0 spiro atoms. The fraction of sp³-hybridized carbons (Fsp3) is 0.294. The van der Waals surface area contributed by atoms with Gasteiger partial charge in [0.15, 0.2) is 5.75 Å². The maximum atomic E-state index is 12.8. The Balaban J connectivity index is 2.34. The van der Waals surface area contributed by atoms with Gasteiger partial charge < -0.3 is 15.4 Å². The number of likely N-dealkylation sites (N-methyl/N-ethyl adjacent to an activating group) is 1. The quantitative estimate of drug-likeness (QED) is 0.594. The largest absolute Gasteiger partial charge is 0.573 e. The van der Waals surface area contributed by atoms with E-state index in [4.69, 9.17) is 28.9 Å². The van der Waals surface area contributed by atoms with Crippen LogP contribution in [0.1, 0.15) is 11.6 Å². The Bertz CT molecular complexity index is 986. The molecule has 0 heterocycles. The Kier molecular flexibility index (Phi) is 7.28. The predicted molar refractivity (Wildman–Crippen MR) is 106 cm³/mol. The van der Waals surface area contributed by atoms with Gasteiger partial charge in [0.2, 0.25) is 10.0 Å². The first-order chi connectivity index (χ1) is 13.3. The van der Waals surface area contributed by atoms with E-state index in [1.807, 2.05) is 0 Å². The number of hydrogen-bond donors (Lipinski definition) is 2. The zero-order valence-electron chi connectivity index (χ0n) is 15.3. The van der Waals surface area contributed by atoms with Crippen molar-refractivity contribution in [2.24, 2.45) is 0 Å². The lowest BCUT2D eigenvalue weighted by Gasteiger charge is -2.23. The first-order valence-electron chi connectivity index (χ1n) is 8.06. The summed E-state index contributed by atoms with van der Waals surface area (Å²) < 4.78 is 68.9. The molecular formula is C17H18Cl2F3N3O3S. The van der Waals surface area contributed by atoms with Crippen LogP contribution in [-0.2, 0) is 10.0 Å². The van der Waals surface area contributed by atoms with E-state index in [9.17, 15) is 21.6 Å². The smallest absolute Gasteiger partial charge is 0.404 e. The summed E-state index contributed by atoms with van der Waals surface area (Å²) in [5.74, 6) is -0.689. The third-order valence-corrected chi connectivity index (χ3v) is 5.92. The molecule has 0 saturated heterocycles. The van der Waals surface area contributed by atoms with Crippen LogP contribution in [0, 0.1) is 0 Å². The summed E-state index contributed by atoms with van der Waals surface area (Å²) >= 11 is 11.9. The van der Waals surface area contributed by atoms with Crippen LogP contribution >= 0.6 is 23.2 Å². The summed E-state index contributed by atoms with van der Waals surface area (Å²) in [6.45, 7) is 0.280. The molecule has 0 aliphatic heterocycles. The molecule has 12 heteroatoms. The van der Waals surface area contributed by atoms with Crippen LogP contribution < -0.4 is 15.2 Å². The number of anilines is 1. The molecule has 0 aliphatic carbocycles. The molecule has 29 heavy (non-hydrogen) atoms. The van der Waals surface area contributed by atoms with E-state index in [-0.39, 0.29) is 16.5 Å². The minimum absolute atomic E-state index is 0.255. The Hall–Kier alpha value is -1.72. The van der Waals surface area contributed by atoms with Crippen molar-refractivity contribution in [1.29, 1.82) is 0 Å². The highest BCUT2D eigenvalue weighted by Gasteiger charge is 2.32. The van der Waals surface area contributed by atoms with E-state index in [2.05, 4.69) is 9.46 Å². The number of alkyl halides is 3. The first kappa shape index (κ1) is 23.6. The molecule has 3 N–H and O–H groups in total. The Morgan fingerprint density at radius 3 is 2.31 bits per heavy atom. The number of nitrogens with one attached hydrogen (secondary N) is 1. The summed E-state index contributed by atoms with van der Waals surface area (Å²) in [5, 5.41) is 0.569. The number of nitrogens with two attached hydrogens (primary N) is 1. The summed E-state index contributed by atoms with van der Waals surface area (Å²) in [7, 11) is -0.629. The van der Waals surface area contributed by atoms with Gasteiger partial charge in [-0.25, -0.2) is 13.1 Å². The van der Waals surface area contributed by atoms with E-state index >= 15 is 0 Å². The molecule has 1 atom stereocenters. The van der Waals surface area contributed by atoms with E-state index < -0.39 is 33.9 Å². The monoisotopic (exact) mass is 471 g/mol. The van der Waals surface area contributed by atoms with Gasteiger partial charge in [0, 0.05) is 6.54 Å². The van der Waals surface area contributed by atoms with Crippen molar-refractivity contribution in [3.8, 4) is 5.75 Å². The molecule has 0 aliphatic rings. The molecule has 0 aromatic heterocycles. The summed E-state index contributed by atoms with van der Waals surface area (Å²) in [5.41, 5.74) is 5.62. The highest BCUT2D eigenvalue weighted by molar-refractivity contribution is 7.89. The van der Waals surface area contributed by atoms with Gasteiger partial charge in [0.05, 0.1) is 26.7 Å². The number of sulfonamides is 1. The molecule has 0 amide bonds. The molecule has 0 saturated carbocycles. The minimum Gasteiger partial charge on any atom is -0.404 e. The maximum Gasteiger partial charge on any atom is 0.573 e. The average Bonchev–Trinajstić information content (AvgIpc) is 2.56. The zero-order chi connectivity index (χ0) is 22.0. The van der Waals surface area contributed by atoms with Crippen LogP contribution in [0.3, 0.4) is 0 Å². The number of nitrogen functional groups attached to an aromatic ring is 1. The van der Waals surface area contributed by atoms with Gasteiger partial charge in [-0.15, -0.1) is 13.2 Å². The Labute approximate surface area is 176 Å². The normalized spacial score (nSPS) is 13.5. The topological polar surface area (TPSA) is 84.7 Å². The minimum atomic E-state index is -4.95. The maximum absolute atomic E-state index is 12.8. The lowest BCUT2D eigenvalue weighted by Crippen LogP contribution is -2.35. The molecule has 2 aromatic rings. The average molecular weight is 472 g/mol. The number of rotatable bonds is 7. The third kappa shape index (κ3) is 6.65. The number of hydrogen-bond acceptors (Lipinski definition) is 5. The van der Waals surface area contributed by atoms with Crippen LogP contribution in [0.15, 0.2) is 41.3 Å². The zero-order valence-corrected chi connectivity index (χ0v) is 17.6. The second kappa shape index (κ2) is 8.97. The lowest BCUT2D eigenvalue weighted by atomic mass is 10.1. The fourth-order valence-electron chi connectivity index (χ4n) is 2.47. The van der Waals surface area contributed by atoms with Crippen molar-refractivity contribution in [3.63, 3.8) is 0 Å². The van der Waals surface area contributed by atoms with Crippen LogP contribution in [0.25, 0.3) is 0 Å². The Morgan fingerprint density at radius 2 is 1.79 bits per heavy atom. The molecule has 2 aromatic carbocycles. The predicted octanol–water partition coefficient (Wildman–Crippen LogP) is 4.06. The molecule has 2 rings (SSSR count). The Morgan fingerprint density at radius 1 is 1.14 bits per heavy atom. The first-order valence-corrected chi connectivity index (χ1v) is 10.3. The molecule has 6 nitrogen and oxygen atoms in total. The second-order valence-electron chi connectivity index (χ2n) is 6.36. The number of halogens is 5. The fourth-order valence-corrected chi connectivity index (χ4v) is 4.03. The van der Waals surface area contributed by atoms with Crippen molar-refractivity contribution in [1.82, 2.24) is 9.62 Å². The molecule has 160 valence electrons. The highest BCUT2D eigenvalue weighted by atomic mass is 35.5. The van der Waals surface area contributed by atoms with Crippen molar-refractivity contribution in [2.45, 2.75) is 17.3 Å². The lowest BCUT2D eigenvalue weighted by molar-refractivity contribution is -0.274. The molecule has 0 bridgehead atoms. The third-order valence-electron chi connectivity index (χ3n) is 3.71. The van der Waals surface area contributed by atoms with Gasteiger partial charge >= 0.3 is 6.36 Å². The van der Waals surface area contributed by atoms with Gasteiger partial charge in [-0.05, 0) is 50.0 Å². The van der Waals surface area contributed by atoms with Crippen molar-refractivity contribution in [2.75, 3.05) is 26.4 Å². The second-order valence-corrected chi connectivity index (χ2v) is 8.89. The SMILES string of the molecule is CN(C)CC(NS(=O)(=O)c1ccc(OC(F)(F)F)c(N)c1)c1ccc(Cl)c(Cl)c1. The van der Waals surface area contributed by atoms with Gasteiger partial charge in [0.25, 0.3) is 0 Å². The highest BCUT2D eigenvalue weighted by Crippen LogP contribution is 2.31. The van der Waals surface area contributed by atoms with E-state index in [0.717, 1.165) is 18.2 Å². The number of benzene rings is 2. The van der Waals surface area contributed by atoms with Crippen LogP contribution in [0.2, 0.25) is 10.0 Å².